The normalized spacial score (nSPS) is 11.3. The zero-order valence-electron chi connectivity index (χ0n) is 23.5. The molecule has 0 saturated heterocycles. The van der Waals surface area contributed by atoms with Crippen molar-refractivity contribution in [1.82, 2.24) is 4.90 Å². The van der Waals surface area contributed by atoms with E-state index in [1.807, 2.05) is 6.07 Å². The topological polar surface area (TPSA) is 109 Å². The Morgan fingerprint density at radius 1 is 0.952 bits per heavy atom. The van der Waals surface area contributed by atoms with Gasteiger partial charge in [-0.3, -0.25) is 14.4 Å². The van der Waals surface area contributed by atoms with Crippen molar-refractivity contribution in [3.05, 3.63) is 94.5 Å². The number of hydrogen-bond donors (Lipinski definition) is 1. The molecule has 1 N–H and O–H groups in total. The molecule has 2 amide bonds. The monoisotopic (exact) mass is 581 g/mol. The smallest absolute Gasteiger partial charge is 0.416 e. The standard InChI is InChI=1S/C31H30F3N3O5/c1-30(2,3)42-28(39)19-37(18-21-7-5-20(17-35)6-8-21)29(40)22-9-12-24(13-10-22)36-27(38)15-23-11-14-25(41-4)16-26(23)31(32,33)34/h5-14,16H,15,18-19H2,1-4H3,(H,36,38). The van der Waals surface area contributed by atoms with Gasteiger partial charge in [-0.15, -0.1) is 0 Å². The number of benzene rings is 3. The van der Waals surface area contributed by atoms with Crippen LogP contribution in [-0.2, 0) is 33.5 Å². The van der Waals surface area contributed by atoms with Crippen molar-refractivity contribution in [2.45, 2.75) is 45.5 Å². The minimum absolute atomic E-state index is 0.0200. The lowest BCUT2D eigenvalue weighted by Crippen LogP contribution is -2.38. The Morgan fingerprint density at radius 3 is 2.14 bits per heavy atom. The van der Waals surface area contributed by atoms with Gasteiger partial charge in [0.05, 0.1) is 30.7 Å². The van der Waals surface area contributed by atoms with Crippen LogP contribution < -0.4 is 10.1 Å². The fourth-order valence-corrected chi connectivity index (χ4v) is 3.99. The van der Waals surface area contributed by atoms with Crippen LogP contribution in [0.3, 0.4) is 0 Å². The molecule has 0 unspecified atom stereocenters. The number of methoxy groups -OCH3 is 1. The summed E-state index contributed by atoms with van der Waals surface area (Å²) >= 11 is 0. The SMILES string of the molecule is COc1ccc(CC(=O)Nc2ccc(C(=O)N(CC(=O)OC(C)(C)C)Cc3ccc(C#N)cc3)cc2)c(C(F)(F)F)c1. The van der Waals surface area contributed by atoms with Crippen molar-refractivity contribution < 1.29 is 37.0 Å². The predicted molar refractivity (Wildman–Crippen MR) is 149 cm³/mol. The van der Waals surface area contributed by atoms with Gasteiger partial charge in [0, 0.05) is 17.8 Å². The van der Waals surface area contributed by atoms with Crippen molar-refractivity contribution in [1.29, 1.82) is 5.26 Å². The van der Waals surface area contributed by atoms with Crippen LogP contribution in [0.1, 0.15) is 53.4 Å². The first-order valence-corrected chi connectivity index (χ1v) is 12.8. The van der Waals surface area contributed by atoms with Crippen LogP contribution in [0.25, 0.3) is 0 Å². The largest absolute Gasteiger partial charge is 0.497 e. The number of anilines is 1. The maximum Gasteiger partial charge on any atom is 0.416 e. The molecule has 220 valence electrons. The van der Waals surface area contributed by atoms with Crippen molar-refractivity contribution in [3.63, 3.8) is 0 Å². The number of esters is 1. The van der Waals surface area contributed by atoms with Crippen LogP contribution in [0.5, 0.6) is 5.75 Å². The summed E-state index contributed by atoms with van der Waals surface area (Å²) in [5, 5.41) is 11.6. The molecule has 0 radical (unpaired) electrons. The highest BCUT2D eigenvalue weighted by atomic mass is 19.4. The zero-order chi connectivity index (χ0) is 31.1. The zero-order valence-corrected chi connectivity index (χ0v) is 23.5. The molecule has 8 nitrogen and oxygen atoms in total. The van der Waals surface area contributed by atoms with Crippen LogP contribution in [-0.4, -0.2) is 41.9 Å². The third-order valence-corrected chi connectivity index (χ3v) is 5.87. The van der Waals surface area contributed by atoms with E-state index in [1.165, 1.54) is 48.4 Å². The van der Waals surface area contributed by atoms with Gasteiger partial charge in [-0.25, -0.2) is 0 Å². The van der Waals surface area contributed by atoms with E-state index >= 15 is 0 Å². The van der Waals surface area contributed by atoms with Crippen LogP contribution in [0.15, 0.2) is 66.7 Å². The lowest BCUT2D eigenvalue weighted by Gasteiger charge is -2.25. The lowest BCUT2D eigenvalue weighted by atomic mass is 10.0. The maximum absolute atomic E-state index is 13.5. The fraction of sp³-hybridized carbons (Fsp3) is 0.290. The molecule has 42 heavy (non-hydrogen) atoms. The van der Waals surface area contributed by atoms with Gasteiger partial charge in [0.2, 0.25) is 5.91 Å². The van der Waals surface area contributed by atoms with Gasteiger partial charge in [0.15, 0.2) is 0 Å². The van der Waals surface area contributed by atoms with Gasteiger partial charge in [-0.2, -0.15) is 18.4 Å². The molecule has 0 aliphatic heterocycles. The quantitative estimate of drug-likeness (QED) is 0.323. The van der Waals surface area contributed by atoms with E-state index in [2.05, 4.69) is 5.32 Å². The van der Waals surface area contributed by atoms with E-state index in [-0.39, 0.29) is 35.7 Å². The second-order valence-corrected chi connectivity index (χ2v) is 10.4. The molecular weight excluding hydrogens is 551 g/mol. The molecule has 11 heteroatoms. The third-order valence-electron chi connectivity index (χ3n) is 5.87. The molecule has 0 bridgehead atoms. The van der Waals surface area contributed by atoms with Crippen molar-refractivity contribution in [2.24, 2.45) is 0 Å². The van der Waals surface area contributed by atoms with E-state index < -0.39 is 41.5 Å². The minimum Gasteiger partial charge on any atom is -0.497 e. The summed E-state index contributed by atoms with van der Waals surface area (Å²) in [6.07, 6.45) is -5.21. The molecule has 3 rings (SSSR count). The Morgan fingerprint density at radius 2 is 1.60 bits per heavy atom. The summed E-state index contributed by atoms with van der Waals surface area (Å²) in [6, 6.07) is 17.7. The van der Waals surface area contributed by atoms with Crippen molar-refractivity contribution >= 4 is 23.5 Å². The number of nitrogens with one attached hydrogen (secondary N) is 1. The van der Waals surface area contributed by atoms with Gasteiger partial charge >= 0.3 is 12.1 Å². The van der Waals surface area contributed by atoms with Crippen LogP contribution in [0.2, 0.25) is 0 Å². The van der Waals surface area contributed by atoms with Gasteiger partial charge in [-0.1, -0.05) is 18.2 Å². The van der Waals surface area contributed by atoms with E-state index in [1.54, 1.807) is 45.0 Å². The number of nitrogens with zero attached hydrogens (tertiary/aromatic N) is 2. The minimum atomic E-state index is -4.67. The van der Waals surface area contributed by atoms with Crippen molar-refractivity contribution in [2.75, 3.05) is 19.0 Å². The van der Waals surface area contributed by atoms with E-state index in [0.29, 0.717) is 11.1 Å². The second-order valence-electron chi connectivity index (χ2n) is 10.4. The number of ether oxygens (including phenoxy) is 2. The highest BCUT2D eigenvalue weighted by Gasteiger charge is 2.34. The number of hydrogen-bond acceptors (Lipinski definition) is 6. The average molecular weight is 582 g/mol. The number of amides is 2. The summed E-state index contributed by atoms with van der Waals surface area (Å²) in [5.74, 6) is -1.76. The molecule has 0 fully saturated rings. The molecule has 0 aromatic heterocycles. The maximum atomic E-state index is 13.5. The molecule has 0 aliphatic carbocycles. The number of carbonyl (C=O) groups excluding carboxylic acids is 3. The molecule has 0 spiro atoms. The molecule has 3 aromatic carbocycles. The summed E-state index contributed by atoms with van der Waals surface area (Å²) in [7, 11) is 1.25. The molecule has 0 aliphatic rings. The predicted octanol–water partition coefficient (Wildman–Crippen LogP) is 5.75. The Bertz CT molecular complexity index is 1470. The second kappa shape index (κ2) is 13.2. The molecule has 3 aromatic rings. The number of carbonyl (C=O) groups is 3. The number of halogens is 3. The van der Waals surface area contributed by atoms with E-state index in [0.717, 1.165) is 6.07 Å². The molecule has 0 heterocycles. The number of rotatable bonds is 9. The highest BCUT2D eigenvalue weighted by molar-refractivity contribution is 5.97. The Hall–Kier alpha value is -4.85. The first-order valence-electron chi connectivity index (χ1n) is 12.8. The van der Waals surface area contributed by atoms with Crippen molar-refractivity contribution in [3.8, 4) is 11.8 Å². The molecule has 0 saturated carbocycles. The van der Waals surface area contributed by atoms with E-state index in [4.69, 9.17) is 14.7 Å². The molecule has 0 atom stereocenters. The van der Waals surface area contributed by atoms with Gasteiger partial charge < -0.3 is 19.7 Å². The number of alkyl halides is 3. The summed E-state index contributed by atoms with van der Waals surface area (Å²) < 4.78 is 50.7. The van der Waals surface area contributed by atoms with Crippen LogP contribution in [0, 0.1) is 11.3 Å². The third kappa shape index (κ3) is 9.09. The fourth-order valence-electron chi connectivity index (χ4n) is 3.99. The first kappa shape index (κ1) is 31.7. The van der Waals surface area contributed by atoms with Crippen LogP contribution >= 0.6 is 0 Å². The summed E-state index contributed by atoms with van der Waals surface area (Å²) in [5.41, 5.74) is -0.329. The first-order chi connectivity index (χ1) is 19.7. The Balaban J connectivity index is 1.75. The van der Waals surface area contributed by atoms with Gasteiger partial charge in [0.1, 0.15) is 17.9 Å². The Kier molecular flexibility index (Phi) is 9.96. The van der Waals surface area contributed by atoms with Crippen LogP contribution in [0.4, 0.5) is 18.9 Å². The molecular formula is C31H30F3N3O5. The Labute approximate surface area is 241 Å². The number of nitriles is 1. The summed E-state index contributed by atoms with van der Waals surface area (Å²) in [4.78, 5) is 39.8. The van der Waals surface area contributed by atoms with Gasteiger partial charge in [-0.05, 0) is 80.4 Å². The van der Waals surface area contributed by atoms with E-state index in [9.17, 15) is 27.6 Å². The lowest BCUT2D eigenvalue weighted by molar-refractivity contribution is -0.155. The average Bonchev–Trinajstić information content (AvgIpc) is 2.91. The highest BCUT2D eigenvalue weighted by Crippen LogP contribution is 2.34. The summed E-state index contributed by atoms with van der Waals surface area (Å²) in [6.45, 7) is 4.86. The van der Waals surface area contributed by atoms with Gasteiger partial charge in [0.25, 0.3) is 5.91 Å².